The van der Waals surface area contributed by atoms with E-state index in [4.69, 9.17) is 42.1 Å². The highest BCUT2D eigenvalue weighted by Gasteiger charge is 2.32. The van der Waals surface area contributed by atoms with Crippen molar-refractivity contribution in [3.05, 3.63) is 98.7 Å². The minimum absolute atomic E-state index is 0.175. The molecule has 44 heavy (non-hydrogen) atoms. The highest BCUT2D eigenvalue weighted by atomic mass is 35.5. The number of ether oxygens (including phenoxy) is 4. The average Bonchev–Trinajstić information content (AvgIpc) is 2.99. The Kier molecular flexibility index (Phi) is 11.1. The third kappa shape index (κ3) is 8.21. The van der Waals surface area contributed by atoms with Gasteiger partial charge in [0.15, 0.2) is 18.1 Å². The zero-order valence-corrected chi connectivity index (χ0v) is 25.6. The molecule has 0 spiro atoms. The average molecular weight is 642 g/mol. The minimum atomic E-state index is -0.787. The number of carbonyl (C=O) groups is 3. The summed E-state index contributed by atoms with van der Waals surface area (Å²) in [7, 11) is 1.43. The molecule has 1 aliphatic rings. The van der Waals surface area contributed by atoms with Crippen molar-refractivity contribution in [3.63, 3.8) is 0 Å². The Morgan fingerprint density at radius 1 is 1.05 bits per heavy atom. The number of urea groups is 1. The molecule has 0 saturated carbocycles. The first-order valence-electron chi connectivity index (χ1n) is 13.4. The molecule has 0 bridgehead atoms. The molecule has 3 N–H and O–H groups in total. The van der Waals surface area contributed by atoms with Crippen LogP contribution >= 0.6 is 23.2 Å². The lowest BCUT2D eigenvalue weighted by Crippen LogP contribution is -2.45. The van der Waals surface area contributed by atoms with Crippen molar-refractivity contribution in [3.8, 4) is 17.2 Å². The monoisotopic (exact) mass is 640 g/mol. The van der Waals surface area contributed by atoms with Gasteiger partial charge in [0.2, 0.25) is 0 Å². The number of carbonyl (C=O) groups excluding carboxylic acids is 3. The molecule has 230 valence electrons. The van der Waals surface area contributed by atoms with Crippen molar-refractivity contribution in [2.45, 2.75) is 26.5 Å². The largest absolute Gasteiger partial charge is 0.493 e. The van der Waals surface area contributed by atoms with Crippen LogP contribution in [0.2, 0.25) is 10.0 Å². The van der Waals surface area contributed by atoms with E-state index < -0.39 is 30.6 Å². The van der Waals surface area contributed by atoms with E-state index in [1.165, 1.54) is 13.3 Å². The number of nitrogens with one attached hydrogen (secondary N) is 3. The predicted octanol–water partition coefficient (Wildman–Crippen LogP) is 5.30. The van der Waals surface area contributed by atoms with Crippen molar-refractivity contribution < 1.29 is 33.3 Å². The molecular weight excluding hydrogens is 611 g/mol. The Bertz CT molecular complexity index is 1600. The van der Waals surface area contributed by atoms with Crippen LogP contribution in [0.25, 0.3) is 0 Å². The smallest absolute Gasteiger partial charge is 0.338 e. The van der Waals surface area contributed by atoms with Crippen molar-refractivity contribution in [1.29, 1.82) is 0 Å². The van der Waals surface area contributed by atoms with Gasteiger partial charge in [-0.2, -0.15) is 5.10 Å². The van der Waals surface area contributed by atoms with Gasteiger partial charge < -0.3 is 29.6 Å². The predicted molar refractivity (Wildman–Crippen MR) is 165 cm³/mol. The number of hydrogen-bond acceptors (Lipinski definition) is 8. The van der Waals surface area contributed by atoms with Crippen molar-refractivity contribution in [1.82, 2.24) is 16.1 Å². The van der Waals surface area contributed by atoms with Crippen LogP contribution in [0, 0.1) is 0 Å². The van der Waals surface area contributed by atoms with Crippen LogP contribution in [0.4, 0.5) is 4.79 Å². The summed E-state index contributed by atoms with van der Waals surface area (Å²) < 4.78 is 22.2. The quantitative estimate of drug-likeness (QED) is 0.139. The summed E-state index contributed by atoms with van der Waals surface area (Å²) in [5.74, 6) is -0.219. The Morgan fingerprint density at radius 2 is 1.82 bits per heavy atom. The number of nitrogens with zero attached hydrogens (tertiary/aromatic N) is 1. The number of hydrogen-bond donors (Lipinski definition) is 3. The van der Waals surface area contributed by atoms with E-state index in [1.807, 2.05) is 30.3 Å². The molecule has 0 unspecified atom stereocenters. The van der Waals surface area contributed by atoms with E-state index in [1.54, 1.807) is 44.2 Å². The van der Waals surface area contributed by atoms with E-state index in [9.17, 15) is 14.4 Å². The molecule has 0 aliphatic carbocycles. The molecule has 0 aromatic heterocycles. The zero-order valence-electron chi connectivity index (χ0n) is 24.1. The number of esters is 1. The molecule has 13 heteroatoms. The second-order valence-electron chi connectivity index (χ2n) is 9.36. The van der Waals surface area contributed by atoms with Crippen LogP contribution in [0.15, 0.2) is 77.0 Å². The SMILES string of the molecule is CCOC(=O)C1=C(C)NC(=O)N[C@@H]1c1ccc(OCC(=O)N/N=C/c2cc(Cl)cc(Cl)c2OCc2ccccc2)c(OC)c1. The molecule has 1 atom stereocenters. The third-order valence-corrected chi connectivity index (χ3v) is 6.80. The molecule has 0 radical (unpaired) electrons. The molecule has 3 aromatic carbocycles. The van der Waals surface area contributed by atoms with Crippen LogP contribution in [-0.4, -0.2) is 44.4 Å². The summed E-state index contributed by atoms with van der Waals surface area (Å²) in [5, 5.41) is 9.98. The summed E-state index contributed by atoms with van der Waals surface area (Å²) in [6, 6.07) is 16.3. The lowest BCUT2D eigenvalue weighted by molar-refractivity contribution is -0.139. The maximum Gasteiger partial charge on any atom is 0.338 e. The molecule has 4 rings (SSSR count). The fraction of sp³-hybridized carbons (Fsp3) is 0.226. The first-order valence-corrected chi connectivity index (χ1v) is 14.2. The van der Waals surface area contributed by atoms with Gasteiger partial charge in [0.05, 0.1) is 36.6 Å². The van der Waals surface area contributed by atoms with Gasteiger partial charge in [0.1, 0.15) is 12.4 Å². The Balaban J connectivity index is 1.41. The Morgan fingerprint density at radius 3 is 2.55 bits per heavy atom. The number of halogens is 2. The van der Waals surface area contributed by atoms with Crippen molar-refractivity contribution in [2.75, 3.05) is 20.3 Å². The number of allylic oxidation sites excluding steroid dienone is 1. The lowest BCUT2D eigenvalue weighted by atomic mass is 9.95. The molecule has 3 aromatic rings. The molecule has 1 heterocycles. The summed E-state index contributed by atoms with van der Waals surface area (Å²) >= 11 is 12.5. The van der Waals surface area contributed by atoms with Gasteiger partial charge in [-0.15, -0.1) is 0 Å². The highest BCUT2D eigenvalue weighted by molar-refractivity contribution is 6.36. The molecule has 0 fully saturated rings. The molecular formula is C31H30Cl2N4O7. The van der Waals surface area contributed by atoms with Crippen LogP contribution < -0.4 is 30.3 Å². The number of methoxy groups -OCH3 is 1. The summed E-state index contributed by atoms with van der Waals surface area (Å²) in [5.41, 5.74) is 4.99. The first kappa shape index (κ1) is 32.2. The second-order valence-corrected chi connectivity index (χ2v) is 10.2. The van der Waals surface area contributed by atoms with Crippen molar-refractivity contribution in [2.24, 2.45) is 5.10 Å². The minimum Gasteiger partial charge on any atom is -0.493 e. The molecule has 0 saturated heterocycles. The van der Waals surface area contributed by atoms with Crippen LogP contribution in [0.1, 0.15) is 36.6 Å². The van der Waals surface area contributed by atoms with E-state index >= 15 is 0 Å². The molecule has 1 aliphatic heterocycles. The normalized spacial score (nSPS) is 14.5. The highest BCUT2D eigenvalue weighted by Crippen LogP contribution is 2.35. The second kappa shape index (κ2) is 15.1. The zero-order chi connectivity index (χ0) is 31.6. The Labute approximate surface area is 264 Å². The molecule has 11 nitrogen and oxygen atoms in total. The third-order valence-electron chi connectivity index (χ3n) is 6.30. The fourth-order valence-electron chi connectivity index (χ4n) is 4.31. The van der Waals surface area contributed by atoms with E-state index in [2.05, 4.69) is 21.2 Å². The summed E-state index contributed by atoms with van der Waals surface area (Å²) in [4.78, 5) is 37.3. The number of benzene rings is 3. The lowest BCUT2D eigenvalue weighted by Gasteiger charge is -2.28. The maximum atomic E-state index is 12.6. The van der Waals surface area contributed by atoms with E-state index in [0.29, 0.717) is 32.6 Å². The fourth-order valence-corrected chi connectivity index (χ4v) is 4.88. The van der Waals surface area contributed by atoms with Gasteiger partial charge in [-0.05, 0) is 49.2 Å². The van der Waals surface area contributed by atoms with Gasteiger partial charge in [0, 0.05) is 16.3 Å². The number of amides is 3. The van der Waals surface area contributed by atoms with Gasteiger partial charge in [-0.3, -0.25) is 4.79 Å². The Hall–Kier alpha value is -4.74. The number of rotatable bonds is 12. The summed E-state index contributed by atoms with van der Waals surface area (Å²) in [6.45, 7) is 3.37. The van der Waals surface area contributed by atoms with Gasteiger partial charge in [-0.1, -0.05) is 59.6 Å². The van der Waals surface area contributed by atoms with Gasteiger partial charge in [0.25, 0.3) is 5.91 Å². The van der Waals surface area contributed by atoms with Gasteiger partial charge in [-0.25, -0.2) is 15.0 Å². The van der Waals surface area contributed by atoms with E-state index in [0.717, 1.165) is 5.56 Å². The first-order chi connectivity index (χ1) is 21.2. The maximum absolute atomic E-state index is 12.6. The number of hydrazone groups is 1. The van der Waals surface area contributed by atoms with Gasteiger partial charge >= 0.3 is 12.0 Å². The standard InChI is InChI=1S/C31H30Cl2N4O7/c1-4-42-30(39)27-18(2)35-31(40)36-28(27)20-10-11-24(25(13-20)41-3)43-17-26(38)37-34-15-21-12-22(32)14-23(33)29(21)44-16-19-8-6-5-7-9-19/h5-15,28H,4,16-17H2,1-3H3,(H,37,38)(H2,35,36,40)/b34-15+/t28-/m1/s1. The van der Waals surface area contributed by atoms with Crippen molar-refractivity contribution >= 4 is 47.3 Å². The van der Waals surface area contributed by atoms with Crippen LogP contribution in [0.5, 0.6) is 17.2 Å². The summed E-state index contributed by atoms with van der Waals surface area (Å²) in [6.07, 6.45) is 1.37. The van der Waals surface area contributed by atoms with Crippen LogP contribution in [-0.2, 0) is 20.9 Å². The van der Waals surface area contributed by atoms with Crippen LogP contribution in [0.3, 0.4) is 0 Å². The molecule has 3 amide bonds. The topological polar surface area (TPSA) is 137 Å². The van der Waals surface area contributed by atoms with E-state index in [-0.39, 0.29) is 30.3 Å².